The number of allylic oxidation sites excluding steroid dienone is 1. The van der Waals surface area contributed by atoms with Crippen LogP contribution in [0.2, 0.25) is 0 Å². The Hall–Kier alpha value is -1.98. The highest BCUT2D eigenvalue weighted by Crippen LogP contribution is 2.39. The summed E-state index contributed by atoms with van der Waals surface area (Å²) in [6, 6.07) is 8.59. The number of ether oxygens (including phenoxy) is 3. The summed E-state index contributed by atoms with van der Waals surface area (Å²) in [5.41, 5.74) is -0.221. The van der Waals surface area contributed by atoms with Gasteiger partial charge in [0.15, 0.2) is 11.5 Å². The van der Waals surface area contributed by atoms with Crippen LogP contribution < -0.4 is 0 Å². The van der Waals surface area contributed by atoms with Gasteiger partial charge in [0.2, 0.25) is 5.78 Å². The molecule has 0 radical (unpaired) electrons. The third kappa shape index (κ3) is 2.96. The van der Waals surface area contributed by atoms with Crippen molar-refractivity contribution in [3.05, 3.63) is 47.7 Å². The van der Waals surface area contributed by atoms with Gasteiger partial charge in [0, 0.05) is 12.8 Å². The number of rotatable bonds is 2. The zero-order valence-electron chi connectivity index (χ0n) is 12.6. The van der Waals surface area contributed by atoms with E-state index in [1.807, 2.05) is 19.9 Å². The van der Waals surface area contributed by atoms with E-state index in [2.05, 4.69) is 0 Å². The molecule has 0 N–H and O–H groups in total. The van der Waals surface area contributed by atoms with E-state index >= 15 is 0 Å². The second-order valence-electron chi connectivity index (χ2n) is 6.10. The summed E-state index contributed by atoms with van der Waals surface area (Å²) in [5, 5.41) is 0. The number of esters is 1. The Morgan fingerprint density at radius 2 is 1.95 bits per heavy atom. The molecule has 1 aromatic carbocycles. The van der Waals surface area contributed by atoms with Crippen LogP contribution in [0.5, 0.6) is 0 Å². The molecule has 2 aliphatic rings. The molecule has 0 saturated carbocycles. The van der Waals surface area contributed by atoms with Gasteiger partial charge in [-0.05, 0) is 32.1 Å². The smallest absolute Gasteiger partial charge is 0.343 e. The van der Waals surface area contributed by atoms with Crippen LogP contribution in [-0.4, -0.2) is 29.7 Å². The first-order valence-corrected chi connectivity index (χ1v) is 7.24. The average molecular weight is 302 g/mol. The van der Waals surface area contributed by atoms with Gasteiger partial charge < -0.3 is 14.2 Å². The van der Waals surface area contributed by atoms with Gasteiger partial charge in [-0.25, -0.2) is 4.79 Å². The average Bonchev–Trinajstić information content (AvgIpc) is 2.78. The number of ketones is 1. The highest BCUT2D eigenvalue weighted by atomic mass is 16.8. The van der Waals surface area contributed by atoms with Crippen molar-refractivity contribution >= 4 is 11.8 Å². The van der Waals surface area contributed by atoms with Gasteiger partial charge in [0.25, 0.3) is 0 Å². The second kappa shape index (κ2) is 5.34. The fourth-order valence-corrected chi connectivity index (χ4v) is 2.75. The van der Waals surface area contributed by atoms with E-state index in [9.17, 15) is 9.59 Å². The molecule has 0 aromatic heterocycles. The minimum Gasteiger partial charge on any atom is -0.419 e. The lowest BCUT2D eigenvalue weighted by molar-refractivity contribution is -0.165. The maximum Gasteiger partial charge on any atom is 0.343 e. The molecule has 1 heterocycles. The normalized spacial score (nSPS) is 26.8. The molecule has 0 bridgehead atoms. The first-order valence-electron chi connectivity index (χ1n) is 7.24. The Balaban J connectivity index is 1.71. The predicted molar refractivity (Wildman–Crippen MR) is 78.0 cm³/mol. The Kier molecular flexibility index (Phi) is 3.62. The molecular weight excluding hydrogens is 284 g/mol. The number of Topliss-reactive ketones (excluding diaryl/α,β-unsaturated/α-hetero) is 1. The fourth-order valence-electron chi connectivity index (χ4n) is 2.75. The Morgan fingerprint density at radius 3 is 2.55 bits per heavy atom. The zero-order chi connectivity index (χ0) is 15.8. The summed E-state index contributed by atoms with van der Waals surface area (Å²) in [6.45, 7) is 4.00. The monoisotopic (exact) mass is 302 g/mol. The molecule has 3 rings (SSSR count). The van der Waals surface area contributed by atoms with Gasteiger partial charge in [0.05, 0.1) is 12.2 Å². The Bertz CT molecular complexity index is 632. The van der Waals surface area contributed by atoms with Crippen LogP contribution in [0.4, 0.5) is 0 Å². The highest BCUT2D eigenvalue weighted by molar-refractivity contribution is 6.00. The van der Waals surface area contributed by atoms with Crippen LogP contribution in [0.15, 0.2) is 42.2 Å². The molecule has 1 saturated heterocycles. The SMILES string of the molecule is CC1(C)OC[C@@]2(CC=C(OC(=O)c3ccccc3)C(=O)C2)O1. The van der Waals surface area contributed by atoms with Crippen LogP contribution in [0.1, 0.15) is 37.0 Å². The number of carbonyl (C=O) groups is 2. The van der Waals surface area contributed by atoms with Gasteiger partial charge in [-0.1, -0.05) is 18.2 Å². The third-order valence-electron chi connectivity index (χ3n) is 3.77. The van der Waals surface area contributed by atoms with Crippen molar-refractivity contribution in [1.29, 1.82) is 0 Å². The number of benzene rings is 1. The number of hydrogen-bond acceptors (Lipinski definition) is 5. The van der Waals surface area contributed by atoms with E-state index in [0.717, 1.165) is 0 Å². The van der Waals surface area contributed by atoms with Gasteiger partial charge in [0.1, 0.15) is 5.60 Å². The molecule has 0 unspecified atom stereocenters. The zero-order valence-corrected chi connectivity index (χ0v) is 12.6. The van der Waals surface area contributed by atoms with Crippen molar-refractivity contribution in [3.63, 3.8) is 0 Å². The predicted octanol–water partition coefficient (Wildman–Crippen LogP) is 2.61. The first-order chi connectivity index (χ1) is 10.4. The molecular formula is C17H18O5. The Labute approximate surface area is 128 Å². The van der Waals surface area contributed by atoms with Crippen LogP contribution in [-0.2, 0) is 19.0 Å². The lowest BCUT2D eigenvalue weighted by Gasteiger charge is -2.30. The first kappa shape index (κ1) is 14.9. The highest BCUT2D eigenvalue weighted by Gasteiger charge is 2.48. The summed E-state index contributed by atoms with van der Waals surface area (Å²) >= 11 is 0. The molecule has 1 fully saturated rings. The molecule has 5 nitrogen and oxygen atoms in total. The maximum absolute atomic E-state index is 12.3. The largest absolute Gasteiger partial charge is 0.419 e. The van der Waals surface area contributed by atoms with Crippen LogP contribution in [0, 0.1) is 0 Å². The molecule has 22 heavy (non-hydrogen) atoms. The summed E-state index contributed by atoms with van der Waals surface area (Å²) in [5.74, 6) is -1.36. The van der Waals surface area contributed by atoms with Gasteiger partial charge in [-0.15, -0.1) is 0 Å². The fraction of sp³-hybridized carbons (Fsp3) is 0.412. The van der Waals surface area contributed by atoms with E-state index in [0.29, 0.717) is 18.6 Å². The summed E-state index contributed by atoms with van der Waals surface area (Å²) in [7, 11) is 0. The van der Waals surface area contributed by atoms with Crippen molar-refractivity contribution in [2.45, 2.75) is 38.1 Å². The quantitative estimate of drug-likeness (QED) is 0.786. The second-order valence-corrected chi connectivity index (χ2v) is 6.10. The minimum atomic E-state index is -0.688. The maximum atomic E-state index is 12.3. The van der Waals surface area contributed by atoms with E-state index in [4.69, 9.17) is 14.2 Å². The van der Waals surface area contributed by atoms with E-state index in [1.165, 1.54) is 0 Å². The summed E-state index contributed by atoms with van der Waals surface area (Å²) in [4.78, 5) is 24.3. The molecule has 1 aliphatic carbocycles. The topological polar surface area (TPSA) is 61.8 Å². The molecule has 1 aliphatic heterocycles. The number of carbonyl (C=O) groups excluding carboxylic acids is 2. The van der Waals surface area contributed by atoms with Crippen LogP contribution >= 0.6 is 0 Å². The molecule has 1 atom stereocenters. The van der Waals surface area contributed by atoms with Crippen molar-refractivity contribution in [3.8, 4) is 0 Å². The molecule has 1 aromatic rings. The standard InChI is InChI=1S/C17H18O5/c1-16(2)20-11-17(22-16)9-8-14(13(18)10-17)21-15(19)12-6-4-3-5-7-12/h3-8H,9-11H2,1-2H3/t17-/m0/s1. The van der Waals surface area contributed by atoms with Gasteiger partial charge in [-0.3, -0.25) is 4.79 Å². The van der Waals surface area contributed by atoms with Crippen molar-refractivity contribution < 1.29 is 23.8 Å². The summed E-state index contributed by atoms with van der Waals surface area (Å²) in [6.07, 6.45) is 2.27. The van der Waals surface area contributed by atoms with Crippen molar-refractivity contribution in [2.75, 3.05) is 6.61 Å². The Morgan fingerprint density at radius 1 is 1.23 bits per heavy atom. The van der Waals surface area contributed by atoms with Crippen molar-refractivity contribution in [2.24, 2.45) is 0 Å². The van der Waals surface area contributed by atoms with E-state index < -0.39 is 17.4 Å². The molecule has 1 spiro atoms. The minimum absolute atomic E-state index is 0.0905. The van der Waals surface area contributed by atoms with E-state index in [-0.39, 0.29) is 18.0 Å². The van der Waals surface area contributed by atoms with Gasteiger partial charge in [-0.2, -0.15) is 0 Å². The molecule has 116 valence electrons. The lowest BCUT2D eigenvalue weighted by atomic mass is 9.88. The number of hydrogen-bond donors (Lipinski definition) is 0. The summed E-state index contributed by atoms with van der Waals surface area (Å²) < 4.78 is 16.6. The molecule has 0 amide bonds. The van der Waals surface area contributed by atoms with Crippen LogP contribution in [0.3, 0.4) is 0 Å². The van der Waals surface area contributed by atoms with E-state index in [1.54, 1.807) is 30.3 Å². The van der Waals surface area contributed by atoms with Gasteiger partial charge >= 0.3 is 5.97 Å². The lowest BCUT2D eigenvalue weighted by Crippen LogP contribution is -2.39. The van der Waals surface area contributed by atoms with Crippen LogP contribution in [0.25, 0.3) is 0 Å². The van der Waals surface area contributed by atoms with Crippen molar-refractivity contribution in [1.82, 2.24) is 0 Å². The molecule has 5 heteroatoms. The third-order valence-corrected chi connectivity index (χ3v) is 3.77.